The molecule has 0 saturated heterocycles. The smallest absolute Gasteiger partial charge is 0.131 e. The normalized spacial score (nSPS) is 10.9. The molecular weight excluding hydrogens is 319 g/mol. The fourth-order valence-electron chi connectivity index (χ4n) is 3.48. The summed E-state index contributed by atoms with van der Waals surface area (Å²) in [5.74, 6) is -0.166. The molecule has 0 nitrogen and oxygen atoms in total. The van der Waals surface area contributed by atoms with Crippen LogP contribution in [0.4, 0.5) is 4.39 Å². The predicted molar refractivity (Wildman–Crippen MR) is 110 cm³/mol. The van der Waals surface area contributed by atoms with Gasteiger partial charge in [-0.2, -0.15) is 0 Å². The molecule has 0 N–H and O–H groups in total. The molecule has 134 valence electrons. The van der Waals surface area contributed by atoms with Gasteiger partial charge in [0.25, 0.3) is 0 Å². The van der Waals surface area contributed by atoms with Crippen LogP contribution >= 0.6 is 0 Å². The van der Waals surface area contributed by atoms with Gasteiger partial charge in [0.2, 0.25) is 0 Å². The molecule has 3 aromatic rings. The van der Waals surface area contributed by atoms with Crippen LogP contribution in [0.3, 0.4) is 0 Å². The van der Waals surface area contributed by atoms with Gasteiger partial charge in [0.1, 0.15) is 5.82 Å². The van der Waals surface area contributed by atoms with Crippen LogP contribution in [0.25, 0.3) is 22.3 Å². The van der Waals surface area contributed by atoms with Gasteiger partial charge in [-0.1, -0.05) is 86.8 Å². The average Bonchev–Trinajstić information content (AvgIpc) is 2.64. The van der Waals surface area contributed by atoms with E-state index in [-0.39, 0.29) is 5.82 Å². The van der Waals surface area contributed by atoms with Gasteiger partial charge in [-0.15, -0.1) is 0 Å². The van der Waals surface area contributed by atoms with Crippen molar-refractivity contribution >= 4 is 0 Å². The first-order valence-corrected chi connectivity index (χ1v) is 9.61. The first kappa shape index (κ1) is 18.4. The van der Waals surface area contributed by atoms with Gasteiger partial charge in [0, 0.05) is 5.56 Å². The first-order chi connectivity index (χ1) is 12.6. The molecule has 0 bridgehead atoms. The molecule has 0 amide bonds. The lowest BCUT2D eigenvalue weighted by molar-refractivity contribution is 0.632. The number of hydrogen-bond acceptors (Lipinski definition) is 0. The average molecular weight is 346 g/mol. The molecular formula is C25H27F. The Labute approximate surface area is 156 Å². The van der Waals surface area contributed by atoms with E-state index in [0.29, 0.717) is 5.56 Å². The van der Waals surface area contributed by atoms with E-state index >= 15 is 0 Å². The quantitative estimate of drug-likeness (QED) is 0.437. The second-order valence-corrected chi connectivity index (χ2v) is 7.04. The maximum atomic E-state index is 14.8. The zero-order chi connectivity index (χ0) is 18.5. The Morgan fingerprint density at radius 2 is 1.23 bits per heavy atom. The Morgan fingerprint density at radius 1 is 0.654 bits per heavy atom. The van der Waals surface area contributed by atoms with E-state index in [1.54, 1.807) is 6.07 Å². The lowest BCUT2D eigenvalue weighted by atomic mass is 9.93. The summed E-state index contributed by atoms with van der Waals surface area (Å²) in [6, 6.07) is 20.2. The third kappa shape index (κ3) is 4.04. The summed E-state index contributed by atoms with van der Waals surface area (Å²) >= 11 is 0. The van der Waals surface area contributed by atoms with Gasteiger partial charge in [-0.05, 0) is 53.6 Å². The van der Waals surface area contributed by atoms with Crippen molar-refractivity contribution in [2.45, 2.75) is 46.5 Å². The third-order valence-electron chi connectivity index (χ3n) is 4.91. The van der Waals surface area contributed by atoms with E-state index in [1.807, 2.05) is 43.3 Å². The third-order valence-corrected chi connectivity index (χ3v) is 4.91. The van der Waals surface area contributed by atoms with Crippen molar-refractivity contribution in [3.63, 3.8) is 0 Å². The monoisotopic (exact) mass is 346 g/mol. The molecule has 0 aromatic heterocycles. The lowest BCUT2D eigenvalue weighted by Crippen LogP contribution is -1.95. The Morgan fingerprint density at radius 3 is 1.88 bits per heavy atom. The number of halogens is 1. The summed E-state index contributed by atoms with van der Waals surface area (Å²) in [7, 11) is 0. The van der Waals surface area contributed by atoms with E-state index in [4.69, 9.17) is 0 Å². The van der Waals surface area contributed by atoms with Crippen molar-refractivity contribution in [1.29, 1.82) is 0 Å². The number of benzene rings is 3. The topological polar surface area (TPSA) is 0 Å². The fourth-order valence-corrected chi connectivity index (χ4v) is 3.48. The van der Waals surface area contributed by atoms with Crippen molar-refractivity contribution in [2.24, 2.45) is 0 Å². The van der Waals surface area contributed by atoms with Crippen molar-refractivity contribution in [1.82, 2.24) is 0 Å². The van der Waals surface area contributed by atoms with Crippen LogP contribution in [0.1, 0.15) is 43.4 Å². The first-order valence-electron chi connectivity index (χ1n) is 9.61. The van der Waals surface area contributed by atoms with Crippen molar-refractivity contribution < 1.29 is 4.39 Å². The summed E-state index contributed by atoms with van der Waals surface area (Å²) in [6.07, 6.45) is 4.46. The van der Waals surface area contributed by atoms with Crippen molar-refractivity contribution in [3.05, 3.63) is 83.2 Å². The van der Waals surface area contributed by atoms with Crippen molar-refractivity contribution in [2.75, 3.05) is 0 Å². The molecule has 1 heteroatoms. The lowest BCUT2D eigenvalue weighted by Gasteiger charge is -2.12. The second kappa shape index (κ2) is 8.31. The minimum Gasteiger partial charge on any atom is -0.206 e. The van der Waals surface area contributed by atoms with Crippen LogP contribution in [0.15, 0.2) is 60.7 Å². The molecule has 0 radical (unpaired) electrons. The van der Waals surface area contributed by atoms with Crippen LogP contribution in [0, 0.1) is 12.7 Å². The second-order valence-electron chi connectivity index (χ2n) is 7.04. The van der Waals surface area contributed by atoms with Crippen LogP contribution in [-0.4, -0.2) is 0 Å². The summed E-state index contributed by atoms with van der Waals surface area (Å²) in [4.78, 5) is 0. The number of rotatable bonds is 6. The van der Waals surface area contributed by atoms with E-state index in [2.05, 4.69) is 32.0 Å². The molecule has 0 aliphatic heterocycles. The highest BCUT2D eigenvalue weighted by molar-refractivity contribution is 5.71. The maximum absolute atomic E-state index is 14.8. The van der Waals surface area contributed by atoms with Gasteiger partial charge >= 0.3 is 0 Å². The molecule has 0 atom stereocenters. The Balaban J connectivity index is 1.96. The minimum absolute atomic E-state index is 0.166. The molecule has 0 unspecified atom stereocenters. The predicted octanol–water partition coefficient (Wildman–Crippen LogP) is 7.37. The van der Waals surface area contributed by atoms with E-state index < -0.39 is 0 Å². The van der Waals surface area contributed by atoms with Crippen LogP contribution in [0.5, 0.6) is 0 Å². The van der Waals surface area contributed by atoms with Gasteiger partial charge in [-0.25, -0.2) is 4.39 Å². The van der Waals surface area contributed by atoms with Gasteiger partial charge in [-0.3, -0.25) is 0 Å². The molecule has 26 heavy (non-hydrogen) atoms. The molecule has 0 aliphatic rings. The molecule has 0 heterocycles. The summed E-state index contributed by atoms with van der Waals surface area (Å²) in [5.41, 5.74) is 7.63. The van der Waals surface area contributed by atoms with Gasteiger partial charge in [0.15, 0.2) is 0 Å². The number of hydrogen-bond donors (Lipinski definition) is 0. The van der Waals surface area contributed by atoms with Gasteiger partial charge in [0.05, 0.1) is 0 Å². The molecule has 3 aromatic carbocycles. The Bertz CT molecular complexity index is 875. The number of aryl methyl sites for hydroxylation is 3. The Kier molecular flexibility index (Phi) is 5.88. The summed E-state index contributed by atoms with van der Waals surface area (Å²) < 4.78 is 14.8. The molecule has 0 fully saturated rings. The Hall–Kier alpha value is -2.41. The molecule has 0 aliphatic carbocycles. The minimum atomic E-state index is -0.166. The summed E-state index contributed by atoms with van der Waals surface area (Å²) in [6.45, 7) is 6.46. The zero-order valence-corrected chi connectivity index (χ0v) is 16.0. The molecule has 3 rings (SSSR count). The molecule has 0 spiro atoms. The fraction of sp³-hybridized carbons (Fsp3) is 0.280. The molecule has 0 saturated carbocycles. The SMILES string of the molecule is CCCc1ccc(-c2ccc(-c3ccc(C)cc3)c(F)c2)cc1CCC. The highest BCUT2D eigenvalue weighted by Crippen LogP contribution is 2.30. The van der Waals surface area contributed by atoms with Crippen molar-refractivity contribution in [3.8, 4) is 22.3 Å². The highest BCUT2D eigenvalue weighted by atomic mass is 19.1. The van der Waals surface area contributed by atoms with E-state index in [0.717, 1.165) is 42.4 Å². The zero-order valence-electron chi connectivity index (χ0n) is 16.0. The van der Waals surface area contributed by atoms with E-state index in [1.165, 1.54) is 16.7 Å². The highest BCUT2D eigenvalue weighted by Gasteiger charge is 2.09. The standard InChI is InChI=1S/C25H27F/c1-4-6-19-12-13-22(16-21(19)7-5-2)23-14-15-24(25(26)17-23)20-10-8-18(3)9-11-20/h8-17H,4-7H2,1-3H3. The van der Waals surface area contributed by atoms with Crippen LogP contribution < -0.4 is 0 Å². The van der Waals surface area contributed by atoms with Crippen LogP contribution in [-0.2, 0) is 12.8 Å². The van der Waals surface area contributed by atoms with Crippen LogP contribution in [0.2, 0.25) is 0 Å². The van der Waals surface area contributed by atoms with Gasteiger partial charge < -0.3 is 0 Å². The summed E-state index contributed by atoms with van der Waals surface area (Å²) in [5, 5.41) is 0. The van der Waals surface area contributed by atoms with E-state index in [9.17, 15) is 4.39 Å². The largest absolute Gasteiger partial charge is 0.206 e. The maximum Gasteiger partial charge on any atom is 0.131 e.